The minimum absolute atomic E-state index is 0.327. The Morgan fingerprint density at radius 3 is 2.68 bits per heavy atom. The van der Waals surface area contributed by atoms with Crippen LogP contribution in [0, 0.1) is 0 Å². The summed E-state index contributed by atoms with van der Waals surface area (Å²) in [5.74, 6) is 0.327. The van der Waals surface area contributed by atoms with Gasteiger partial charge in [-0.2, -0.15) is 5.10 Å². The maximum atomic E-state index is 9.99. The first-order valence-corrected chi connectivity index (χ1v) is 5.98. The van der Waals surface area contributed by atoms with Gasteiger partial charge in [0.25, 0.3) is 0 Å². The second kappa shape index (κ2) is 4.46. The normalized spacial score (nSPS) is 31.1. The molecule has 19 heavy (non-hydrogen) atoms. The van der Waals surface area contributed by atoms with Gasteiger partial charge in [0.2, 0.25) is 0 Å². The Kier molecular flexibility index (Phi) is 2.90. The van der Waals surface area contributed by atoms with Crippen LogP contribution in [0.1, 0.15) is 6.23 Å². The quantitative estimate of drug-likeness (QED) is 0.567. The molecule has 5 N–H and O–H groups in total. The summed E-state index contributed by atoms with van der Waals surface area (Å²) in [5.41, 5.74) is 6.51. The van der Waals surface area contributed by atoms with Gasteiger partial charge in [0.05, 0.1) is 12.1 Å². The van der Waals surface area contributed by atoms with Gasteiger partial charge in [0.1, 0.15) is 18.3 Å². The zero-order chi connectivity index (χ0) is 13.6. The monoisotopic (exact) mass is 265 g/mol. The number of anilines is 1. The SMILES string of the molecule is Nc1nn([C@@H]2O[C@H](CO)[C@@H](O)[C@H]2O)c2ccccc12. The van der Waals surface area contributed by atoms with Gasteiger partial charge in [-0.15, -0.1) is 0 Å². The van der Waals surface area contributed by atoms with Crippen molar-refractivity contribution < 1.29 is 20.1 Å². The van der Waals surface area contributed by atoms with Crippen molar-refractivity contribution in [3.63, 3.8) is 0 Å². The van der Waals surface area contributed by atoms with E-state index in [0.29, 0.717) is 11.3 Å². The van der Waals surface area contributed by atoms with E-state index in [0.717, 1.165) is 5.39 Å². The zero-order valence-electron chi connectivity index (χ0n) is 10.0. The first kappa shape index (κ1) is 12.4. The Morgan fingerprint density at radius 1 is 1.26 bits per heavy atom. The van der Waals surface area contributed by atoms with Crippen LogP contribution < -0.4 is 5.73 Å². The lowest BCUT2D eigenvalue weighted by atomic mass is 10.1. The molecule has 0 spiro atoms. The summed E-state index contributed by atoms with van der Waals surface area (Å²) >= 11 is 0. The third kappa shape index (κ3) is 1.79. The van der Waals surface area contributed by atoms with Crippen LogP contribution in [0.3, 0.4) is 0 Å². The first-order chi connectivity index (χ1) is 9.13. The molecule has 1 aliphatic rings. The molecule has 2 heterocycles. The maximum Gasteiger partial charge on any atom is 0.179 e. The van der Waals surface area contributed by atoms with Gasteiger partial charge in [-0.1, -0.05) is 12.1 Å². The largest absolute Gasteiger partial charge is 0.394 e. The van der Waals surface area contributed by atoms with Crippen LogP contribution >= 0.6 is 0 Å². The van der Waals surface area contributed by atoms with Crippen molar-refractivity contribution in [1.82, 2.24) is 9.78 Å². The van der Waals surface area contributed by atoms with Gasteiger partial charge in [-0.25, -0.2) is 4.68 Å². The lowest BCUT2D eigenvalue weighted by Crippen LogP contribution is -2.33. The van der Waals surface area contributed by atoms with Crippen molar-refractivity contribution >= 4 is 16.7 Å². The Labute approximate surface area is 108 Å². The lowest BCUT2D eigenvalue weighted by molar-refractivity contribution is -0.0562. The fraction of sp³-hybridized carbons (Fsp3) is 0.417. The third-order valence-corrected chi connectivity index (χ3v) is 3.40. The molecule has 2 aromatic rings. The van der Waals surface area contributed by atoms with Crippen LogP contribution in [-0.2, 0) is 4.74 Å². The minimum Gasteiger partial charge on any atom is -0.394 e. The summed E-state index contributed by atoms with van der Waals surface area (Å²) in [6.45, 7) is -0.372. The molecule has 1 aromatic heterocycles. The smallest absolute Gasteiger partial charge is 0.179 e. The van der Waals surface area contributed by atoms with Gasteiger partial charge in [0, 0.05) is 5.39 Å². The van der Waals surface area contributed by atoms with Crippen LogP contribution in [0.2, 0.25) is 0 Å². The number of hydrogen-bond donors (Lipinski definition) is 4. The van der Waals surface area contributed by atoms with Crippen LogP contribution in [0.25, 0.3) is 10.9 Å². The standard InChI is InChI=1S/C12H15N3O4/c13-11-6-3-1-2-4-7(6)15(14-11)12-10(18)9(17)8(5-16)19-12/h1-4,8-10,12,16-18H,5H2,(H2,13,14)/t8-,9-,10-,12-/m1/s1. The molecule has 0 bridgehead atoms. The molecule has 1 aliphatic heterocycles. The molecule has 7 nitrogen and oxygen atoms in total. The molecular formula is C12H15N3O4. The first-order valence-electron chi connectivity index (χ1n) is 5.98. The molecule has 1 saturated heterocycles. The van der Waals surface area contributed by atoms with E-state index in [4.69, 9.17) is 15.6 Å². The van der Waals surface area contributed by atoms with E-state index in [-0.39, 0.29) is 6.61 Å². The van der Waals surface area contributed by atoms with Crippen molar-refractivity contribution in [3.05, 3.63) is 24.3 Å². The van der Waals surface area contributed by atoms with Gasteiger partial charge >= 0.3 is 0 Å². The zero-order valence-corrected chi connectivity index (χ0v) is 10.0. The number of para-hydroxylation sites is 1. The number of ether oxygens (including phenoxy) is 1. The molecule has 0 unspecified atom stereocenters. The Balaban J connectivity index is 2.06. The number of benzene rings is 1. The van der Waals surface area contributed by atoms with Crippen LogP contribution in [-0.4, -0.2) is 50.0 Å². The lowest BCUT2D eigenvalue weighted by Gasteiger charge is -2.15. The van der Waals surface area contributed by atoms with Crippen LogP contribution in [0.15, 0.2) is 24.3 Å². The van der Waals surface area contributed by atoms with Gasteiger partial charge in [0.15, 0.2) is 12.0 Å². The average Bonchev–Trinajstić information content (AvgIpc) is 2.90. The van der Waals surface area contributed by atoms with Crippen molar-refractivity contribution in [1.29, 1.82) is 0 Å². The number of aromatic nitrogens is 2. The number of nitrogen functional groups attached to an aromatic ring is 1. The molecular weight excluding hydrogens is 250 g/mol. The van der Waals surface area contributed by atoms with E-state index in [9.17, 15) is 10.2 Å². The number of aliphatic hydroxyl groups excluding tert-OH is 3. The molecule has 0 aliphatic carbocycles. The highest BCUT2D eigenvalue weighted by Crippen LogP contribution is 2.32. The second-order valence-corrected chi connectivity index (χ2v) is 4.58. The van der Waals surface area contributed by atoms with E-state index in [2.05, 4.69) is 5.10 Å². The summed E-state index contributed by atoms with van der Waals surface area (Å²) in [5, 5.41) is 33.7. The minimum atomic E-state index is -1.17. The summed E-state index contributed by atoms with van der Waals surface area (Å²) in [6, 6.07) is 7.27. The molecule has 102 valence electrons. The Morgan fingerprint density at radius 2 is 2.00 bits per heavy atom. The summed E-state index contributed by atoms with van der Waals surface area (Å²) < 4.78 is 6.88. The number of hydrogen-bond acceptors (Lipinski definition) is 6. The van der Waals surface area contributed by atoms with Gasteiger partial charge in [-0.3, -0.25) is 0 Å². The van der Waals surface area contributed by atoms with E-state index < -0.39 is 24.5 Å². The van der Waals surface area contributed by atoms with Crippen molar-refractivity contribution in [3.8, 4) is 0 Å². The third-order valence-electron chi connectivity index (χ3n) is 3.40. The number of rotatable bonds is 2. The van der Waals surface area contributed by atoms with E-state index in [1.54, 1.807) is 6.07 Å². The van der Waals surface area contributed by atoms with Gasteiger partial charge in [-0.05, 0) is 12.1 Å². The molecule has 4 atom stereocenters. The fourth-order valence-electron chi connectivity index (χ4n) is 2.39. The number of fused-ring (bicyclic) bond motifs is 1. The van der Waals surface area contributed by atoms with Crippen molar-refractivity contribution in [2.45, 2.75) is 24.5 Å². The average molecular weight is 265 g/mol. The summed E-state index contributed by atoms with van der Waals surface area (Å²) in [6.07, 6.45) is -4.02. The number of nitrogens with zero attached hydrogens (tertiary/aromatic N) is 2. The molecule has 1 fully saturated rings. The molecule has 0 saturated carbocycles. The highest BCUT2D eigenvalue weighted by atomic mass is 16.6. The van der Waals surface area contributed by atoms with Crippen molar-refractivity contribution in [2.75, 3.05) is 12.3 Å². The van der Waals surface area contributed by atoms with Crippen LogP contribution in [0.4, 0.5) is 5.82 Å². The van der Waals surface area contributed by atoms with E-state index in [1.165, 1.54) is 4.68 Å². The molecule has 3 rings (SSSR count). The Bertz CT molecular complexity index is 600. The van der Waals surface area contributed by atoms with E-state index >= 15 is 0 Å². The fourth-order valence-corrected chi connectivity index (χ4v) is 2.39. The van der Waals surface area contributed by atoms with Crippen molar-refractivity contribution in [2.24, 2.45) is 0 Å². The number of aliphatic hydroxyl groups is 3. The predicted octanol–water partition coefficient (Wildman–Crippen LogP) is -0.770. The molecule has 0 amide bonds. The summed E-state index contributed by atoms with van der Waals surface area (Å²) in [4.78, 5) is 0. The topological polar surface area (TPSA) is 114 Å². The summed E-state index contributed by atoms with van der Waals surface area (Å²) in [7, 11) is 0. The number of nitrogens with two attached hydrogens (primary N) is 1. The maximum absolute atomic E-state index is 9.99. The van der Waals surface area contributed by atoms with Crippen LogP contribution in [0.5, 0.6) is 0 Å². The Hall–Kier alpha value is -1.67. The van der Waals surface area contributed by atoms with Gasteiger partial charge < -0.3 is 25.8 Å². The second-order valence-electron chi connectivity index (χ2n) is 4.58. The van der Waals surface area contributed by atoms with E-state index in [1.807, 2.05) is 18.2 Å². The molecule has 0 radical (unpaired) electrons. The highest BCUT2D eigenvalue weighted by Gasteiger charge is 2.44. The molecule has 1 aromatic carbocycles. The predicted molar refractivity (Wildman–Crippen MR) is 67.2 cm³/mol. The molecule has 7 heteroatoms. The highest BCUT2D eigenvalue weighted by molar-refractivity contribution is 5.89.